The lowest BCUT2D eigenvalue weighted by atomic mass is 10.2. The molecule has 1 rings (SSSR count). The van der Waals surface area contributed by atoms with Crippen molar-refractivity contribution in [2.45, 2.75) is 19.4 Å². The fourth-order valence-electron chi connectivity index (χ4n) is 1.24. The van der Waals surface area contributed by atoms with Crippen LogP contribution in [-0.2, 0) is 14.4 Å². The summed E-state index contributed by atoms with van der Waals surface area (Å²) in [6.07, 6.45) is 0.297. The van der Waals surface area contributed by atoms with Gasteiger partial charge in [-0.15, -0.1) is 0 Å². The molecule has 0 saturated carbocycles. The zero-order valence-corrected chi connectivity index (χ0v) is 9.33. The molecule has 0 aromatic rings. The van der Waals surface area contributed by atoms with E-state index >= 15 is 0 Å². The first-order valence-electron chi connectivity index (χ1n) is 4.25. The van der Waals surface area contributed by atoms with E-state index in [1.54, 1.807) is 6.92 Å². The highest BCUT2D eigenvalue weighted by molar-refractivity contribution is 9.09. The van der Waals surface area contributed by atoms with Crippen LogP contribution in [0, 0.1) is 0 Å². The molecule has 0 aromatic carbocycles. The van der Waals surface area contributed by atoms with E-state index in [1.165, 1.54) is 4.90 Å². The number of hydrogen-bond acceptors (Lipinski definition) is 3. The van der Waals surface area contributed by atoms with Crippen LogP contribution >= 0.6 is 15.9 Å². The lowest BCUT2D eigenvalue weighted by molar-refractivity contribution is -0.149. The maximum absolute atomic E-state index is 11.5. The molecule has 1 heterocycles. The van der Waals surface area contributed by atoms with Gasteiger partial charge in [0.25, 0.3) is 0 Å². The summed E-state index contributed by atoms with van der Waals surface area (Å²) in [5.74, 6) is -1.02. The number of nitrogens with one attached hydrogen (secondary N) is 1. The van der Waals surface area contributed by atoms with Gasteiger partial charge in [-0.3, -0.25) is 19.7 Å². The highest BCUT2D eigenvalue weighted by atomic mass is 79.9. The van der Waals surface area contributed by atoms with Crippen molar-refractivity contribution in [3.8, 4) is 0 Å². The van der Waals surface area contributed by atoms with Crippen LogP contribution in [0.3, 0.4) is 0 Å². The lowest BCUT2D eigenvalue weighted by Gasteiger charge is -2.31. The molecular weight excluding hydrogens is 252 g/mol. The molecule has 0 spiro atoms. The molecule has 1 saturated heterocycles. The molecule has 5 nitrogen and oxygen atoms in total. The lowest BCUT2D eigenvalue weighted by Crippen LogP contribution is -2.58. The van der Waals surface area contributed by atoms with Gasteiger partial charge in [-0.05, 0) is 6.92 Å². The highest BCUT2D eigenvalue weighted by Gasteiger charge is 2.32. The Kier molecular flexibility index (Phi) is 3.62. The molecule has 1 fully saturated rings. The Labute approximate surface area is 89.9 Å². The van der Waals surface area contributed by atoms with Crippen LogP contribution in [0.25, 0.3) is 0 Å². The Bertz CT molecular complexity index is 280. The van der Waals surface area contributed by atoms with Gasteiger partial charge >= 0.3 is 0 Å². The number of rotatable bonds is 2. The maximum Gasteiger partial charge on any atom is 0.249 e. The fourth-order valence-corrected chi connectivity index (χ4v) is 1.58. The van der Waals surface area contributed by atoms with Crippen LogP contribution in [0.4, 0.5) is 0 Å². The molecule has 1 unspecified atom stereocenters. The zero-order chi connectivity index (χ0) is 10.7. The Morgan fingerprint density at radius 2 is 2.29 bits per heavy atom. The molecular formula is C8H11BrN2O3. The van der Waals surface area contributed by atoms with Crippen molar-refractivity contribution >= 4 is 33.7 Å². The summed E-state index contributed by atoms with van der Waals surface area (Å²) in [5, 5.41) is 2.71. The standard InChI is InChI=1S/C8H11BrN2O3/c1-5-8(14)10-6(12)4-11(5)7(13)2-3-9/h5H,2-4H2,1H3,(H,10,12,14). The number of imide groups is 1. The summed E-state index contributed by atoms with van der Waals surface area (Å²) in [6, 6.07) is -0.556. The van der Waals surface area contributed by atoms with Gasteiger partial charge in [0.2, 0.25) is 17.7 Å². The molecule has 78 valence electrons. The summed E-state index contributed by atoms with van der Waals surface area (Å²) >= 11 is 3.13. The van der Waals surface area contributed by atoms with Crippen LogP contribution in [0.15, 0.2) is 0 Å². The minimum absolute atomic E-state index is 0.0290. The number of carbonyl (C=O) groups excluding carboxylic acids is 3. The highest BCUT2D eigenvalue weighted by Crippen LogP contribution is 2.07. The Morgan fingerprint density at radius 1 is 1.64 bits per heavy atom. The van der Waals surface area contributed by atoms with Gasteiger partial charge in [0, 0.05) is 11.8 Å². The smallest absolute Gasteiger partial charge is 0.249 e. The SMILES string of the molecule is CC1C(=O)NC(=O)CN1C(=O)CCBr. The first-order chi connectivity index (χ1) is 6.56. The Balaban J connectivity index is 2.71. The molecule has 1 atom stereocenters. The Hall–Kier alpha value is -0.910. The third-order valence-electron chi connectivity index (χ3n) is 2.05. The number of alkyl halides is 1. The van der Waals surface area contributed by atoms with Crippen molar-refractivity contribution in [1.82, 2.24) is 10.2 Å². The fraction of sp³-hybridized carbons (Fsp3) is 0.625. The number of piperazine rings is 1. The first-order valence-corrected chi connectivity index (χ1v) is 5.37. The molecule has 0 aliphatic carbocycles. The third kappa shape index (κ3) is 2.31. The van der Waals surface area contributed by atoms with Gasteiger partial charge in [0.1, 0.15) is 12.6 Å². The minimum Gasteiger partial charge on any atom is -0.322 e. The molecule has 1 N–H and O–H groups in total. The zero-order valence-electron chi connectivity index (χ0n) is 7.75. The van der Waals surface area contributed by atoms with Crippen molar-refractivity contribution in [3.05, 3.63) is 0 Å². The first kappa shape index (κ1) is 11.2. The molecule has 1 aliphatic rings. The third-order valence-corrected chi connectivity index (χ3v) is 2.45. The van der Waals surface area contributed by atoms with E-state index in [9.17, 15) is 14.4 Å². The van der Waals surface area contributed by atoms with Crippen molar-refractivity contribution in [2.75, 3.05) is 11.9 Å². The van der Waals surface area contributed by atoms with E-state index in [0.717, 1.165) is 0 Å². The van der Waals surface area contributed by atoms with E-state index in [4.69, 9.17) is 0 Å². The molecule has 0 bridgehead atoms. The normalized spacial score (nSPS) is 22.1. The maximum atomic E-state index is 11.5. The van der Waals surface area contributed by atoms with E-state index in [-0.39, 0.29) is 12.5 Å². The topological polar surface area (TPSA) is 66.5 Å². The van der Waals surface area contributed by atoms with Crippen LogP contribution in [0.1, 0.15) is 13.3 Å². The molecule has 0 radical (unpaired) electrons. The van der Waals surface area contributed by atoms with E-state index in [0.29, 0.717) is 11.8 Å². The second kappa shape index (κ2) is 4.54. The molecule has 6 heteroatoms. The van der Waals surface area contributed by atoms with Crippen molar-refractivity contribution < 1.29 is 14.4 Å². The van der Waals surface area contributed by atoms with Crippen LogP contribution < -0.4 is 5.32 Å². The summed E-state index contributed by atoms with van der Waals surface area (Å²) in [4.78, 5) is 34.9. The molecule has 1 aliphatic heterocycles. The van der Waals surface area contributed by atoms with Crippen LogP contribution in [-0.4, -0.2) is 40.5 Å². The molecule has 0 aromatic heterocycles. The molecule has 14 heavy (non-hydrogen) atoms. The van der Waals surface area contributed by atoms with Crippen molar-refractivity contribution in [2.24, 2.45) is 0 Å². The monoisotopic (exact) mass is 262 g/mol. The molecule has 3 amide bonds. The minimum atomic E-state index is -0.556. The van der Waals surface area contributed by atoms with Gasteiger partial charge in [0.15, 0.2) is 0 Å². The van der Waals surface area contributed by atoms with Gasteiger partial charge in [-0.2, -0.15) is 0 Å². The van der Waals surface area contributed by atoms with Gasteiger partial charge in [-0.25, -0.2) is 0 Å². The average Bonchev–Trinajstić information content (AvgIpc) is 2.11. The van der Waals surface area contributed by atoms with Crippen molar-refractivity contribution in [3.63, 3.8) is 0 Å². The predicted molar refractivity (Wildman–Crippen MR) is 52.7 cm³/mol. The second-order valence-electron chi connectivity index (χ2n) is 3.05. The number of halogens is 1. The van der Waals surface area contributed by atoms with Crippen molar-refractivity contribution in [1.29, 1.82) is 0 Å². The second-order valence-corrected chi connectivity index (χ2v) is 3.84. The average molecular weight is 263 g/mol. The summed E-state index contributed by atoms with van der Waals surface area (Å²) < 4.78 is 0. The van der Waals surface area contributed by atoms with E-state index in [2.05, 4.69) is 21.2 Å². The summed E-state index contributed by atoms with van der Waals surface area (Å²) in [6.45, 7) is 1.58. The number of nitrogens with zero attached hydrogens (tertiary/aromatic N) is 1. The van der Waals surface area contributed by atoms with Gasteiger partial charge < -0.3 is 4.90 Å². The van der Waals surface area contributed by atoms with Crippen LogP contribution in [0.5, 0.6) is 0 Å². The predicted octanol–water partition coefficient (Wildman–Crippen LogP) is -0.355. The van der Waals surface area contributed by atoms with Gasteiger partial charge in [0.05, 0.1) is 0 Å². The number of carbonyl (C=O) groups is 3. The summed E-state index contributed by atoms with van der Waals surface area (Å²) in [7, 11) is 0. The Morgan fingerprint density at radius 3 is 2.86 bits per heavy atom. The number of amides is 3. The largest absolute Gasteiger partial charge is 0.322 e. The quantitative estimate of drug-likeness (QED) is 0.546. The van der Waals surface area contributed by atoms with E-state index < -0.39 is 17.9 Å². The van der Waals surface area contributed by atoms with Gasteiger partial charge in [-0.1, -0.05) is 15.9 Å². The number of hydrogen-bond donors (Lipinski definition) is 1. The van der Waals surface area contributed by atoms with E-state index in [1.807, 2.05) is 0 Å². The summed E-state index contributed by atoms with van der Waals surface area (Å²) in [5.41, 5.74) is 0. The van der Waals surface area contributed by atoms with Crippen LogP contribution in [0.2, 0.25) is 0 Å².